The Morgan fingerprint density at radius 1 is 1.39 bits per heavy atom. The van der Waals surface area contributed by atoms with E-state index >= 15 is 0 Å². The van der Waals surface area contributed by atoms with Crippen molar-refractivity contribution in [2.75, 3.05) is 29.9 Å². The maximum atomic E-state index is 5.62. The van der Waals surface area contributed by atoms with E-state index in [0.29, 0.717) is 5.95 Å². The summed E-state index contributed by atoms with van der Waals surface area (Å²) in [5.74, 6) is 1.34. The lowest BCUT2D eigenvalue weighted by molar-refractivity contribution is 0.120. The molecule has 1 aromatic heterocycles. The van der Waals surface area contributed by atoms with E-state index < -0.39 is 0 Å². The summed E-state index contributed by atoms with van der Waals surface area (Å²) < 4.78 is 5.62. The van der Waals surface area contributed by atoms with Crippen molar-refractivity contribution in [2.45, 2.75) is 32.8 Å². The molecule has 1 aliphatic heterocycles. The zero-order valence-corrected chi connectivity index (χ0v) is 13.7. The number of nitrogens with zero attached hydrogens (tertiary/aromatic N) is 4. The molecule has 1 aliphatic rings. The van der Waals surface area contributed by atoms with Crippen LogP contribution in [0.3, 0.4) is 0 Å². The molecular formula is C17H23N5O. The number of anilines is 3. The normalized spacial score (nSPS) is 17.2. The summed E-state index contributed by atoms with van der Waals surface area (Å²) in [6.45, 7) is 6.56. The minimum Gasteiger partial charge on any atom is -0.376 e. The highest BCUT2D eigenvalue weighted by Gasteiger charge is 2.16. The van der Waals surface area contributed by atoms with E-state index in [1.165, 1.54) is 5.56 Å². The summed E-state index contributed by atoms with van der Waals surface area (Å²) >= 11 is 0. The molecular weight excluding hydrogens is 290 g/mol. The number of aromatic nitrogens is 3. The van der Waals surface area contributed by atoms with Crippen LogP contribution in [0.4, 0.5) is 17.5 Å². The molecule has 1 atom stereocenters. The Labute approximate surface area is 136 Å². The van der Waals surface area contributed by atoms with E-state index in [4.69, 9.17) is 4.74 Å². The van der Waals surface area contributed by atoms with Gasteiger partial charge in [-0.2, -0.15) is 10.1 Å². The lowest BCUT2D eigenvalue weighted by Crippen LogP contribution is -2.22. The zero-order valence-electron chi connectivity index (χ0n) is 13.7. The smallest absolute Gasteiger partial charge is 0.251 e. The number of hydrogen-bond donors (Lipinski definition) is 1. The third kappa shape index (κ3) is 3.96. The molecule has 1 N–H and O–H groups in total. The lowest BCUT2D eigenvalue weighted by Gasteiger charge is -2.21. The maximum Gasteiger partial charge on any atom is 0.251 e. The fraction of sp³-hybridized carbons (Fsp3) is 0.471. The second kappa shape index (κ2) is 7.37. The number of ether oxygens (including phenoxy) is 1. The molecule has 3 rings (SSSR count). The van der Waals surface area contributed by atoms with E-state index in [-0.39, 0.29) is 6.10 Å². The summed E-state index contributed by atoms with van der Waals surface area (Å²) in [5, 5.41) is 11.6. The maximum absolute atomic E-state index is 5.62. The minimum atomic E-state index is 0.271. The highest BCUT2D eigenvalue weighted by molar-refractivity contribution is 5.58. The first-order valence-corrected chi connectivity index (χ1v) is 8.15. The summed E-state index contributed by atoms with van der Waals surface area (Å²) in [7, 11) is 0. The van der Waals surface area contributed by atoms with Crippen LogP contribution in [0.1, 0.15) is 25.3 Å². The molecule has 2 aromatic rings. The predicted octanol–water partition coefficient (Wildman–Crippen LogP) is 2.93. The van der Waals surface area contributed by atoms with Crippen LogP contribution in [0.5, 0.6) is 0 Å². The largest absolute Gasteiger partial charge is 0.376 e. The molecule has 1 unspecified atom stereocenters. The van der Waals surface area contributed by atoms with Crippen LogP contribution in [-0.2, 0) is 4.74 Å². The topological polar surface area (TPSA) is 63.2 Å². The summed E-state index contributed by atoms with van der Waals surface area (Å²) in [4.78, 5) is 6.65. The molecule has 0 aliphatic carbocycles. The van der Waals surface area contributed by atoms with Crippen molar-refractivity contribution in [3.63, 3.8) is 0 Å². The van der Waals surface area contributed by atoms with Crippen molar-refractivity contribution in [3.05, 3.63) is 36.0 Å². The Balaban J connectivity index is 1.74. The van der Waals surface area contributed by atoms with Crippen LogP contribution >= 0.6 is 0 Å². The van der Waals surface area contributed by atoms with Gasteiger partial charge in [0.2, 0.25) is 0 Å². The van der Waals surface area contributed by atoms with Crippen molar-refractivity contribution >= 4 is 17.5 Å². The van der Waals surface area contributed by atoms with E-state index in [0.717, 1.165) is 44.0 Å². The average Bonchev–Trinajstić information content (AvgIpc) is 3.08. The van der Waals surface area contributed by atoms with E-state index in [9.17, 15) is 0 Å². The summed E-state index contributed by atoms with van der Waals surface area (Å²) in [6, 6.07) is 8.31. The summed E-state index contributed by atoms with van der Waals surface area (Å²) in [6.07, 6.45) is 4.16. The van der Waals surface area contributed by atoms with Crippen LogP contribution in [0.25, 0.3) is 0 Å². The van der Waals surface area contributed by atoms with Crippen LogP contribution in [-0.4, -0.2) is 41.0 Å². The molecule has 6 heteroatoms. The Bertz CT molecular complexity index is 642. The van der Waals surface area contributed by atoms with Gasteiger partial charge in [-0.15, -0.1) is 5.10 Å². The molecule has 23 heavy (non-hydrogen) atoms. The number of nitrogens with one attached hydrogen (secondary N) is 1. The van der Waals surface area contributed by atoms with Crippen molar-refractivity contribution in [1.29, 1.82) is 0 Å². The fourth-order valence-electron chi connectivity index (χ4n) is 2.75. The van der Waals surface area contributed by atoms with Crippen molar-refractivity contribution in [2.24, 2.45) is 0 Å². The highest BCUT2D eigenvalue weighted by atomic mass is 16.5. The Morgan fingerprint density at radius 2 is 2.30 bits per heavy atom. The minimum absolute atomic E-state index is 0.271. The van der Waals surface area contributed by atoms with Crippen molar-refractivity contribution < 1.29 is 4.74 Å². The van der Waals surface area contributed by atoms with Gasteiger partial charge >= 0.3 is 0 Å². The average molecular weight is 313 g/mol. The molecule has 1 aromatic carbocycles. The van der Waals surface area contributed by atoms with Gasteiger partial charge in [-0.05, 0) is 44.4 Å². The second-order valence-corrected chi connectivity index (χ2v) is 5.74. The standard InChI is InChI=1S/C17H23N5O/c1-3-22(14-7-4-6-13(2)10-14)17-20-16(12-19-21-17)18-11-15-8-5-9-23-15/h4,6-7,10,12,15H,3,5,8-9,11H2,1-2H3,(H,18,20,21). The van der Waals surface area contributed by atoms with Gasteiger partial charge in [0.15, 0.2) is 5.82 Å². The Kier molecular flexibility index (Phi) is 5.02. The van der Waals surface area contributed by atoms with Crippen LogP contribution in [0.2, 0.25) is 0 Å². The zero-order chi connectivity index (χ0) is 16.1. The fourth-order valence-corrected chi connectivity index (χ4v) is 2.75. The predicted molar refractivity (Wildman–Crippen MR) is 91.1 cm³/mol. The van der Waals surface area contributed by atoms with Crippen LogP contribution in [0, 0.1) is 6.92 Å². The molecule has 1 saturated heterocycles. The molecule has 1 fully saturated rings. The van der Waals surface area contributed by atoms with Gasteiger partial charge < -0.3 is 15.0 Å². The summed E-state index contributed by atoms with van der Waals surface area (Å²) in [5.41, 5.74) is 2.28. The Hall–Kier alpha value is -2.21. The first kappa shape index (κ1) is 15.7. The molecule has 0 spiro atoms. The van der Waals surface area contributed by atoms with E-state index in [2.05, 4.69) is 57.4 Å². The molecule has 122 valence electrons. The number of rotatable bonds is 6. The molecule has 0 amide bonds. The van der Waals surface area contributed by atoms with Gasteiger partial charge in [0.1, 0.15) is 0 Å². The molecule has 6 nitrogen and oxygen atoms in total. The van der Waals surface area contributed by atoms with Crippen molar-refractivity contribution in [1.82, 2.24) is 15.2 Å². The van der Waals surface area contributed by atoms with E-state index in [1.54, 1.807) is 6.20 Å². The van der Waals surface area contributed by atoms with Gasteiger partial charge in [0.05, 0.1) is 12.3 Å². The monoisotopic (exact) mass is 313 g/mol. The second-order valence-electron chi connectivity index (χ2n) is 5.74. The molecule has 0 bridgehead atoms. The quantitative estimate of drug-likeness (QED) is 0.884. The molecule has 0 saturated carbocycles. The van der Waals surface area contributed by atoms with E-state index in [1.807, 2.05) is 6.07 Å². The van der Waals surface area contributed by atoms with Gasteiger partial charge in [-0.3, -0.25) is 0 Å². The van der Waals surface area contributed by atoms with Crippen LogP contribution < -0.4 is 10.2 Å². The highest BCUT2D eigenvalue weighted by Crippen LogP contribution is 2.23. The van der Waals surface area contributed by atoms with Crippen LogP contribution in [0.15, 0.2) is 30.5 Å². The first-order valence-electron chi connectivity index (χ1n) is 8.15. The van der Waals surface area contributed by atoms with Gasteiger partial charge in [-0.25, -0.2) is 0 Å². The number of aryl methyl sites for hydroxylation is 1. The SMILES string of the molecule is CCN(c1cccc(C)c1)c1nncc(NCC2CCCO2)n1. The third-order valence-electron chi connectivity index (χ3n) is 3.95. The number of hydrogen-bond acceptors (Lipinski definition) is 6. The molecule has 0 radical (unpaired) electrons. The molecule has 2 heterocycles. The lowest BCUT2D eigenvalue weighted by atomic mass is 10.2. The van der Waals surface area contributed by atoms with Gasteiger partial charge in [-0.1, -0.05) is 12.1 Å². The Morgan fingerprint density at radius 3 is 3.04 bits per heavy atom. The van der Waals surface area contributed by atoms with Gasteiger partial charge in [0, 0.05) is 25.4 Å². The number of benzene rings is 1. The van der Waals surface area contributed by atoms with Crippen molar-refractivity contribution in [3.8, 4) is 0 Å². The third-order valence-corrected chi connectivity index (χ3v) is 3.95. The van der Waals surface area contributed by atoms with Gasteiger partial charge in [0.25, 0.3) is 5.95 Å². The first-order chi connectivity index (χ1) is 11.3.